The van der Waals surface area contributed by atoms with Gasteiger partial charge in [-0.15, -0.1) is 0 Å². The Bertz CT molecular complexity index is 252. The van der Waals surface area contributed by atoms with E-state index in [2.05, 4.69) is 22.2 Å². The number of hydrogen-bond acceptors (Lipinski definition) is 2. The largest absolute Gasteiger partial charge is 0.349 e. The third-order valence-electron chi connectivity index (χ3n) is 2.94. The van der Waals surface area contributed by atoms with Crippen LogP contribution in [0.5, 0.6) is 0 Å². The van der Waals surface area contributed by atoms with Crippen molar-refractivity contribution in [1.29, 1.82) is 0 Å². The number of nitrogens with one attached hydrogen (secondary N) is 2. The molecule has 2 rings (SSSR count). The van der Waals surface area contributed by atoms with Crippen LogP contribution >= 0.6 is 0 Å². The molecule has 0 aliphatic heterocycles. The van der Waals surface area contributed by atoms with Crippen LogP contribution in [0.4, 0.5) is 0 Å². The number of imidazole rings is 1. The van der Waals surface area contributed by atoms with Crippen molar-refractivity contribution in [1.82, 2.24) is 15.3 Å². The maximum Gasteiger partial charge on any atom is 0.106 e. The van der Waals surface area contributed by atoms with Crippen LogP contribution in [-0.4, -0.2) is 22.6 Å². The summed E-state index contributed by atoms with van der Waals surface area (Å²) >= 11 is 0. The minimum absolute atomic E-state index is 0.714. The summed E-state index contributed by atoms with van der Waals surface area (Å²) in [5.41, 5.74) is 0. The van der Waals surface area contributed by atoms with Crippen LogP contribution in [0.2, 0.25) is 0 Å². The average molecular weight is 193 g/mol. The van der Waals surface area contributed by atoms with Gasteiger partial charge in [0.2, 0.25) is 0 Å². The molecule has 1 aliphatic rings. The average Bonchev–Trinajstić information content (AvgIpc) is 2.92. The summed E-state index contributed by atoms with van der Waals surface area (Å²) in [6.07, 6.45) is 8.77. The van der Waals surface area contributed by atoms with Crippen LogP contribution in [0.1, 0.15) is 32.0 Å². The predicted molar refractivity (Wildman–Crippen MR) is 57.1 cm³/mol. The second-order valence-electron chi connectivity index (χ2n) is 4.22. The van der Waals surface area contributed by atoms with E-state index in [0.717, 1.165) is 24.7 Å². The Balaban J connectivity index is 1.54. The summed E-state index contributed by atoms with van der Waals surface area (Å²) < 4.78 is 0. The van der Waals surface area contributed by atoms with Crippen molar-refractivity contribution in [3.63, 3.8) is 0 Å². The Labute approximate surface area is 85.3 Å². The van der Waals surface area contributed by atoms with E-state index < -0.39 is 0 Å². The molecule has 3 heteroatoms. The molecule has 0 saturated heterocycles. The Kier molecular flexibility index (Phi) is 3.19. The molecule has 1 aromatic rings. The molecule has 0 amide bonds. The maximum atomic E-state index is 4.20. The summed E-state index contributed by atoms with van der Waals surface area (Å²) in [5.74, 6) is 2.06. The monoisotopic (exact) mass is 193 g/mol. The summed E-state index contributed by atoms with van der Waals surface area (Å²) in [6.45, 7) is 3.41. The van der Waals surface area contributed by atoms with Gasteiger partial charge in [-0.3, -0.25) is 0 Å². The Morgan fingerprint density at radius 2 is 2.50 bits per heavy atom. The third-order valence-corrected chi connectivity index (χ3v) is 2.94. The molecule has 1 aromatic heterocycles. The van der Waals surface area contributed by atoms with E-state index in [0.29, 0.717) is 6.04 Å². The lowest BCUT2D eigenvalue weighted by molar-refractivity contribution is 0.488. The molecule has 1 aliphatic carbocycles. The lowest BCUT2D eigenvalue weighted by atomic mass is 10.2. The standard InChI is InChI=1S/C11H19N3/c1-9(10-4-5-10)12-6-2-3-11-13-7-8-14-11/h7-10,12H,2-6H2,1H3,(H,13,14). The number of rotatable bonds is 6. The lowest BCUT2D eigenvalue weighted by Gasteiger charge is -2.11. The van der Waals surface area contributed by atoms with E-state index >= 15 is 0 Å². The first-order valence-electron chi connectivity index (χ1n) is 5.58. The predicted octanol–water partition coefficient (Wildman–Crippen LogP) is 1.73. The highest BCUT2D eigenvalue weighted by Gasteiger charge is 2.26. The van der Waals surface area contributed by atoms with Gasteiger partial charge in [0.15, 0.2) is 0 Å². The first-order chi connectivity index (χ1) is 6.86. The van der Waals surface area contributed by atoms with Crippen LogP contribution < -0.4 is 5.32 Å². The van der Waals surface area contributed by atoms with Crippen molar-refractivity contribution < 1.29 is 0 Å². The molecule has 0 aromatic carbocycles. The minimum Gasteiger partial charge on any atom is -0.349 e. The van der Waals surface area contributed by atoms with E-state index in [4.69, 9.17) is 0 Å². The van der Waals surface area contributed by atoms with Crippen molar-refractivity contribution >= 4 is 0 Å². The summed E-state index contributed by atoms with van der Waals surface area (Å²) in [6, 6.07) is 0.714. The number of nitrogens with zero attached hydrogens (tertiary/aromatic N) is 1. The van der Waals surface area contributed by atoms with Crippen molar-refractivity contribution in [2.45, 2.75) is 38.6 Å². The zero-order chi connectivity index (χ0) is 9.80. The SMILES string of the molecule is CC(NCCCc1ncc[nH]1)C1CC1. The van der Waals surface area contributed by atoms with Gasteiger partial charge in [-0.25, -0.2) is 4.98 Å². The van der Waals surface area contributed by atoms with Crippen molar-refractivity contribution in [3.05, 3.63) is 18.2 Å². The molecule has 0 bridgehead atoms. The van der Waals surface area contributed by atoms with Gasteiger partial charge in [-0.05, 0) is 38.6 Å². The summed E-state index contributed by atoms with van der Waals surface area (Å²) in [4.78, 5) is 7.32. The number of aromatic nitrogens is 2. The van der Waals surface area contributed by atoms with Crippen molar-refractivity contribution in [2.24, 2.45) is 5.92 Å². The molecule has 1 atom stereocenters. The molecule has 2 N–H and O–H groups in total. The number of hydrogen-bond donors (Lipinski definition) is 2. The van der Waals surface area contributed by atoms with Gasteiger partial charge >= 0.3 is 0 Å². The second kappa shape index (κ2) is 4.60. The first-order valence-corrected chi connectivity index (χ1v) is 5.58. The van der Waals surface area contributed by atoms with E-state index in [1.807, 2.05) is 12.4 Å². The molecule has 0 spiro atoms. The van der Waals surface area contributed by atoms with Crippen LogP contribution in [0, 0.1) is 5.92 Å². The highest BCUT2D eigenvalue weighted by Crippen LogP contribution is 2.32. The zero-order valence-corrected chi connectivity index (χ0v) is 8.79. The zero-order valence-electron chi connectivity index (χ0n) is 8.79. The van der Waals surface area contributed by atoms with Crippen molar-refractivity contribution in [3.8, 4) is 0 Å². The Morgan fingerprint density at radius 1 is 1.64 bits per heavy atom. The van der Waals surface area contributed by atoms with Crippen LogP contribution in [0.3, 0.4) is 0 Å². The van der Waals surface area contributed by atoms with Crippen LogP contribution in [0.15, 0.2) is 12.4 Å². The van der Waals surface area contributed by atoms with E-state index in [9.17, 15) is 0 Å². The summed E-state index contributed by atoms with van der Waals surface area (Å²) in [5, 5.41) is 3.57. The van der Waals surface area contributed by atoms with Gasteiger partial charge in [-0.2, -0.15) is 0 Å². The van der Waals surface area contributed by atoms with E-state index in [1.165, 1.54) is 19.3 Å². The van der Waals surface area contributed by atoms with E-state index in [1.54, 1.807) is 0 Å². The van der Waals surface area contributed by atoms with Crippen molar-refractivity contribution in [2.75, 3.05) is 6.54 Å². The van der Waals surface area contributed by atoms with Gasteiger partial charge in [0.1, 0.15) is 5.82 Å². The first kappa shape index (κ1) is 9.71. The normalized spacial score (nSPS) is 18.4. The van der Waals surface area contributed by atoms with Gasteiger partial charge in [0, 0.05) is 24.9 Å². The highest BCUT2D eigenvalue weighted by molar-refractivity contribution is 4.87. The molecule has 14 heavy (non-hydrogen) atoms. The molecule has 1 fully saturated rings. The molecular formula is C11H19N3. The second-order valence-corrected chi connectivity index (χ2v) is 4.22. The van der Waals surface area contributed by atoms with E-state index in [-0.39, 0.29) is 0 Å². The third kappa shape index (κ3) is 2.84. The quantitative estimate of drug-likeness (QED) is 0.675. The molecule has 0 radical (unpaired) electrons. The van der Waals surface area contributed by atoms with Crippen LogP contribution in [-0.2, 0) is 6.42 Å². The Hall–Kier alpha value is -0.830. The van der Waals surface area contributed by atoms with Gasteiger partial charge in [0.05, 0.1) is 0 Å². The van der Waals surface area contributed by atoms with Gasteiger partial charge < -0.3 is 10.3 Å². The maximum absolute atomic E-state index is 4.20. The molecule has 1 heterocycles. The van der Waals surface area contributed by atoms with Crippen LogP contribution in [0.25, 0.3) is 0 Å². The molecule has 1 saturated carbocycles. The number of aromatic amines is 1. The lowest BCUT2D eigenvalue weighted by Crippen LogP contribution is -2.29. The smallest absolute Gasteiger partial charge is 0.106 e. The summed E-state index contributed by atoms with van der Waals surface area (Å²) in [7, 11) is 0. The number of aryl methyl sites for hydroxylation is 1. The molecule has 3 nitrogen and oxygen atoms in total. The molecular weight excluding hydrogens is 174 g/mol. The Morgan fingerprint density at radius 3 is 3.14 bits per heavy atom. The number of H-pyrrole nitrogens is 1. The highest BCUT2D eigenvalue weighted by atomic mass is 14.9. The van der Waals surface area contributed by atoms with Gasteiger partial charge in [-0.1, -0.05) is 0 Å². The molecule has 1 unspecified atom stereocenters. The fraction of sp³-hybridized carbons (Fsp3) is 0.727. The fourth-order valence-corrected chi connectivity index (χ4v) is 1.78. The minimum atomic E-state index is 0.714. The molecule has 78 valence electrons. The fourth-order valence-electron chi connectivity index (χ4n) is 1.78. The van der Waals surface area contributed by atoms with Gasteiger partial charge in [0.25, 0.3) is 0 Å². The topological polar surface area (TPSA) is 40.7 Å².